The molecular formula is C15H16F3N3O3. The highest BCUT2D eigenvalue weighted by Crippen LogP contribution is 2.37. The van der Waals surface area contributed by atoms with Crippen molar-refractivity contribution in [2.24, 2.45) is 5.92 Å². The van der Waals surface area contributed by atoms with E-state index in [1.165, 1.54) is 18.2 Å². The first-order valence-electron chi connectivity index (χ1n) is 7.68. The second kappa shape index (κ2) is 6.39. The minimum atomic E-state index is -4.22. The molecule has 2 aromatic rings. The topological polar surface area (TPSA) is 81.2 Å². The Balaban J connectivity index is 1.71. The first-order valence-corrected chi connectivity index (χ1v) is 7.68. The van der Waals surface area contributed by atoms with Gasteiger partial charge in [0.1, 0.15) is 5.52 Å². The van der Waals surface area contributed by atoms with E-state index in [1.54, 1.807) is 0 Å². The molecule has 0 saturated heterocycles. The summed E-state index contributed by atoms with van der Waals surface area (Å²) in [5.74, 6) is -1.14. The van der Waals surface area contributed by atoms with Crippen molar-refractivity contribution in [3.8, 4) is 0 Å². The zero-order valence-electron chi connectivity index (χ0n) is 12.7. The molecule has 0 spiro atoms. The third-order valence-corrected chi connectivity index (χ3v) is 4.33. The predicted octanol–water partition coefficient (Wildman–Crippen LogP) is 3.95. The molecule has 9 heteroatoms. The van der Waals surface area contributed by atoms with Gasteiger partial charge in [0.15, 0.2) is 5.58 Å². The van der Waals surface area contributed by atoms with Crippen LogP contribution in [0.5, 0.6) is 0 Å². The van der Waals surface area contributed by atoms with Crippen LogP contribution in [0.4, 0.5) is 18.9 Å². The van der Waals surface area contributed by atoms with Crippen LogP contribution >= 0.6 is 0 Å². The number of nitro groups is 1. The number of benzene rings is 1. The number of hydrogen-bond acceptors (Lipinski definition) is 5. The van der Waals surface area contributed by atoms with E-state index >= 15 is 0 Å². The molecule has 1 N–H and O–H groups in total. The molecule has 0 amide bonds. The fourth-order valence-electron chi connectivity index (χ4n) is 3.14. The molecule has 1 aromatic carbocycles. The summed E-state index contributed by atoms with van der Waals surface area (Å²) in [5.41, 5.74) is 0.574. The number of nitrogens with zero attached hydrogens (tertiary/aromatic N) is 2. The maximum Gasteiger partial charge on any atom is 0.393 e. The standard InChI is InChI=1S/C15H16F3N3O3/c16-15(17,18)10-3-1-2-4-11(10)19-8-14-20-12-7-9(21(22)23)5-6-13(12)24-14/h5-7,10-11,19H,1-4,8H2/t10-,11-/m1/s1. The maximum atomic E-state index is 13.1. The first kappa shape index (κ1) is 16.7. The highest BCUT2D eigenvalue weighted by molar-refractivity contribution is 5.75. The van der Waals surface area contributed by atoms with Crippen LogP contribution in [-0.4, -0.2) is 22.1 Å². The number of nitro benzene ring substituents is 1. The van der Waals surface area contributed by atoms with E-state index in [2.05, 4.69) is 10.3 Å². The minimum absolute atomic E-state index is 0.0553. The normalized spacial score (nSPS) is 22.0. The van der Waals surface area contributed by atoms with Gasteiger partial charge in [-0.3, -0.25) is 10.1 Å². The van der Waals surface area contributed by atoms with Gasteiger partial charge in [-0.25, -0.2) is 4.98 Å². The molecule has 24 heavy (non-hydrogen) atoms. The van der Waals surface area contributed by atoms with E-state index in [1.807, 2.05) is 0 Å². The van der Waals surface area contributed by atoms with Crippen LogP contribution in [0.2, 0.25) is 0 Å². The van der Waals surface area contributed by atoms with Crippen molar-refractivity contribution in [1.82, 2.24) is 10.3 Å². The molecule has 1 aromatic heterocycles. The average Bonchev–Trinajstić information content (AvgIpc) is 2.94. The third-order valence-electron chi connectivity index (χ3n) is 4.33. The molecular weight excluding hydrogens is 327 g/mol. The van der Waals surface area contributed by atoms with Gasteiger partial charge in [0.05, 0.1) is 17.4 Å². The van der Waals surface area contributed by atoms with Gasteiger partial charge in [-0.05, 0) is 18.9 Å². The Hall–Kier alpha value is -2.16. The van der Waals surface area contributed by atoms with Crippen molar-refractivity contribution >= 4 is 16.8 Å². The SMILES string of the molecule is O=[N+]([O-])c1ccc2oc(CN[C@@H]3CCCC[C@H]3C(F)(F)F)nc2c1. The Morgan fingerprint density at radius 2 is 2.08 bits per heavy atom. The minimum Gasteiger partial charge on any atom is -0.439 e. The largest absolute Gasteiger partial charge is 0.439 e. The number of non-ortho nitro benzene ring substituents is 1. The van der Waals surface area contributed by atoms with Crippen molar-refractivity contribution in [2.45, 2.75) is 44.4 Å². The van der Waals surface area contributed by atoms with Crippen LogP contribution in [-0.2, 0) is 6.54 Å². The highest BCUT2D eigenvalue weighted by atomic mass is 19.4. The predicted molar refractivity (Wildman–Crippen MR) is 79.3 cm³/mol. The number of fused-ring (bicyclic) bond motifs is 1. The average molecular weight is 343 g/mol. The second-order valence-electron chi connectivity index (χ2n) is 5.94. The Morgan fingerprint density at radius 1 is 1.33 bits per heavy atom. The van der Waals surface area contributed by atoms with Crippen molar-refractivity contribution in [1.29, 1.82) is 0 Å². The Bertz CT molecular complexity index is 744. The monoisotopic (exact) mass is 343 g/mol. The molecule has 0 radical (unpaired) electrons. The number of hydrogen-bond donors (Lipinski definition) is 1. The van der Waals surface area contributed by atoms with E-state index in [0.717, 1.165) is 6.42 Å². The van der Waals surface area contributed by atoms with Gasteiger partial charge in [-0.2, -0.15) is 13.2 Å². The summed E-state index contributed by atoms with van der Waals surface area (Å²) >= 11 is 0. The molecule has 1 aliphatic carbocycles. The molecule has 130 valence electrons. The van der Waals surface area contributed by atoms with Gasteiger partial charge in [0, 0.05) is 18.2 Å². The number of rotatable bonds is 4. The Kier molecular flexibility index (Phi) is 4.44. The summed E-state index contributed by atoms with van der Waals surface area (Å²) in [7, 11) is 0. The van der Waals surface area contributed by atoms with Crippen LogP contribution in [0.3, 0.4) is 0 Å². The summed E-state index contributed by atoms with van der Waals surface area (Å²) in [6.07, 6.45) is -2.31. The number of aromatic nitrogens is 1. The van der Waals surface area contributed by atoms with E-state index in [-0.39, 0.29) is 24.5 Å². The second-order valence-corrected chi connectivity index (χ2v) is 5.94. The third kappa shape index (κ3) is 3.50. The summed E-state index contributed by atoms with van der Waals surface area (Å²) in [5, 5.41) is 13.6. The molecule has 1 aliphatic rings. The van der Waals surface area contributed by atoms with Crippen molar-refractivity contribution < 1.29 is 22.5 Å². The van der Waals surface area contributed by atoms with Crippen molar-refractivity contribution in [3.05, 3.63) is 34.2 Å². The lowest BCUT2D eigenvalue weighted by atomic mass is 9.84. The number of oxazole rings is 1. The quantitative estimate of drug-likeness (QED) is 0.671. The zero-order chi connectivity index (χ0) is 17.3. The van der Waals surface area contributed by atoms with Gasteiger partial charge in [0.25, 0.3) is 5.69 Å². The molecule has 1 fully saturated rings. The lowest BCUT2D eigenvalue weighted by molar-refractivity contribution is -0.384. The van der Waals surface area contributed by atoms with Gasteiger partial charge >= 0.3 is 6.18 Å². The van der Waals surface area contributed by atoms with Gasteiger partial charge < -0.3 is 9.73 Å². The molecule has 3 rings (SSSR count). The molecule has 6 nitrogen and oxygen atoms in total. The zero-order valence-corrected chi connectivity index (χ0v) is 12.7. The number of alkyl halides is 3. The number of nitrogens with one attached hydrogen (secondary N) is 1. The van der Waals surface area contributed by atoms with Crippen molar-refractivity contribution in [2.75, 3.05) is 0 Å². The fourth-order valence-corrected chi connectivity index (χ4v) is 3.14. The van der Waals surface area contributed by atoms with Gasteiger partial charge in [-0.1, -0.05) is 12.8 Å². The van der Waals surface area contributed by atoms with Crippen LogP contribution in [0.25, 0.3) is 11.1 Å². The molecule has 0 bridgehead atoms. The van der Waals surface area contributed by atoms with Gasteiger partial charge in [0.2, 0.25) is 5.89 Å². The summed E-state index contributed by atoms with van der Waals surface area (Å²) in [4.78, 5) is 14.3. The smallest absolute Gasteiger partial charge is 0.393 e. The molecule has 1 heterocycles. The van der Waals surface area contributed by atoms with Gasteiger partial charge in [-0.15, -0.1) is 0 Å². The van der Waals surface area contributed by atoms with Crippen LogP contribution in [0, 0.1) is 16.0 Å². The summed E-state index contributed by atoms with van der Waals surface area (Å²) in [6.45, 7) is 0.0553. The van der Waals surface area contributed by atoms with E-state index < -0.39 is 23.1 Å². The summed E-state index contributed by atoms with van der Waals surface area (Å²) < 4.78 is 44.6. The molecule has 0 aliphatic heterocycles. The van der Waals surface area contributed by atoms with Crippen LogP contribution < -0.4 is 5.32 Å². The van der Waals surface area contributed by atoms with Crippen LogP contribution in [0.1, 0.15) is 31.6 Å². The van der Waals surface area contributed by atoms with Crippen LogP contribution in [0.15, 0.2) is 22.6 Å². The first-order chi connectivity index (χ1) is 11.3. The lowest BCUT2D eigenvalue weighted by Crippen LogP contribution is -2.45. The van der Waals surface area contributed by atoms with Crippen molar-refractivity contribution in [3.63, 3.8) is 0 Å². The Labute approximate surface area is 135 Å². The Morgan fingerprint density at radius 3 is 2.79 bits per heavy atom. The molecule has 2 atom stereocenters. The molecule has 0 unspecified atom stereocenters. The van der Waals surface area contributed by atoms with E-state index in [0.29, 0.717) is 23.9 Å². The van der Waals surface area contributed by atoms with E-state index in [4.69, 9.17) is 4.42 Å². The molecule has 1 saturated carbocycles. The van der Waals surface area contributed by atoms with E-state index in [9.17, 15) is 23.3 Å². The maximum absolute atomic E-state index is 13.1. The highest BCUT2D eigenvalue weighted by Gasteiger charge is 2.45. The lowest BCUT2D eigenvalue weighted by Gasteiger charge is -2.33. The summed E-state index contributed by atoms with van der Waals surface area (Å²) in [6, 6.07) is 3.35. The fraction of sp³-hybridized carbons (Fsp3) is 0.533. The number of halogens is 3.